The predicted octanol–water partition coefficient (Wildman–Crippen LogP) is 6.15. The molecule has 3 aromatic rings. The number of aromatic amines is 1. The first-order chi connectivity index (χ1) is 18.3. The van der Waals surface area contributed by atoms with Crippen molar-refractivity contribution in [1.29, 1.82) is 0 Å². The molecule has 1 atom stereocenters. The van der Waals surface area contributed by atoms with Crippen molar-refractivity contribution in [3.63, 3.8) is 0 Å². The van der Waals surface area contributed by atoms with Gasteiger partial charge in [-0.3, -0.25) is 4.90 Å². The van der Waals surface area contributed by atoms with Gasteiger partial charge in [-0.25, -0.2) is 9.78 Å². The number of benzene rings is 1. The second kappa shape index (κ2) is 10.0. The Kier molecular flexibility index (Phi) is 6.68. The Hall–Kier alpha value is -2.90. The molecule has 1 unspecified atom stereocenters. The fraction of sp³-hybridized carbons (Fsp3) is 0.548. The standard InChI is InChI=1S/C31H40N4O3/c1-20-17-32-29-26(20)16-22(18-33-29)21-14-23-19-34(24-8-12-37-13-9-24)11-7-25(23)27(15-21)28-6-5-10-35(28)30(36)38-31(2,3)4/h14-18,24,28H,5-13,19H2,1-4H3,(H,32,33). The Morgan fingerprint density at radius 2 is 1.92 bits per heavy atom. The number of carbonyl (C=O) groups excluding carboxylic acids is 1. The summed E-state index contributed by atoms with van der Waals surface area (Å²) in [6, 6.07) is 7.58. The molecule has 3 aliphatic heterocycles. The van der Waals surface area contributed by atoms with Gasteiger partial charge in [0.05, 0.1) is 6.04 Å². The van der Waals surface area contributed by atoms with Crippen molar-refractivity contribution < 1.29 is 14.3 Å². The number of likely N-dealkylation sites (tertiary alicyclic amines) is 1. The lowest BCUT2D eigenvalue weighted by atomic mass is 9.86. The van der Waals surface area contributed by atoms with Crippen LogP contribution in [0.25, 0.3) is 22.2 Å². The van der Waals surface area contributed by atoms with Crippen LogP contribution >= 0.6 is 0 Å². The van der Waals surface area contributed by atoms with Gasteiger partial charge in [-0.05, 0) is 106 Å². The molecule has 1 amide bonds. The maximum atomic E-state index is 13.3. The largest absolute Gasteiger partial charge is 0.444 e. The Morgan fingerprint density at radius 3 is 2.71 bits per heavy atom. The molecule has 0 bridgehead atoms. The summed E-state index contributed by atoms with van der Waals surface area (Å²) in [5.74, 6) is 0. The maximum Gasteiger partial charge on any atom is 0.410 e. The molecule has 7 heteroatoms. The fourth-order valence-electron chi connectivity index (χ4n) is 6.50. The molecule has 0 saturated carbocycles. The fourth-order valence-corrected chi connectivity index (χ4v) is 6.50. The highest BCUT2D eigenvalue weighted by Crippen LogP contribution is 2.41. The minimum atomic E-state index is -0.509. The second-order valence-electron chi connectivity index (χ2n) is 12.2. The van der Waals surface area contributed by atoms with Gasteiger partial charge in [0.25, 0.3) is 0 Å². The van der Waals surface area contributed by atoms with Gasteiger partial charge in [0.15, 0.2) is 0 Å². The Balaban J connectivity index is 1.41. The van der Waals surface area contributed by atoms with Gasteiger partial charge in [-0.15, -0.1) is 0 Å². The van der Waals surface area contributed by atoms with Crippen LogP contribution in [-0.2, 0) is 22.4 Å². The third kappa shape index (κ3) is 4.94. The number of nitrogens with zero attached hydrogens (tertiary/aromatic N) is 3. The first-order valence-corrected chi connectivity index (χ1v) is 14.2. The van der Waals surface area contributed by atoms with Crippen LogP contribution in [0.3, 0.4) is 0 Å². The lowest BCUT2D eigenvalue weighted by Gasteiger charge is -2.39. The molecule has 3 aliphatic rings. The number of aryl methyl sites for hydroxylation is 1. The van der Waals surface area contributed by atoms with Gasteiger partial charge in [0, 0.05) is 62.2 Å². The van der Waals surface area contributed by atoms with Crippen LogP contribution in [0, 0.1) is 6.92 Å². The number of ether oxygens (including phenoxy) is 2. The van der Waals surface area contributed by atoms with Crippen molar-refractivity contribution in [1.82, 2.24) is 19.8 Å². The minimum absolute atomic E-state index is 0.0406. The number of pyridine rings is 1. The van der Waals surface area contributed by atoms with Crippen molar-refractivity contribution in [2.45, 2.75) is 84.0 Å². The molecule has 5 heterocycles. The zero-order valence-electron chi connectivity index (χ0n) is 23.2. The van der Waals surface area contributed by atoms with Crippen molar-refractivity contribution in [3.8, 4) is 11.1 Å². The van der Waals surface area contributed by atoms with Gasteiger partial charge in [0.1, 0.15) is 11.2 Å². The van der Waals surface area contributed by atoms with Crippen molar-refractivity contribution in [2.75, 3.05) is 26.3 Å². The van der Waals surface area contributed by atoms with Crippen LogP contribution in [-0.4, -0.2) is 63.8 Å². The van der Waals surface area contributed by atoms with E-state index in [1.807, 2.05) is 38.1 Å². The van der Waals surface area contributed by atoms with E-state index in [4.69, 9.17) is 14.5 Å². The number of carbonyl (C=O) groups is 1. The van der Waals surface area contributed by atoms with E-state index in [1.165, 1.54) is 27.8 Å². The summed E-state index contributed by atoms with van der Waals surface area (Å²) in [5.41, 5.74) is 8.01. The second-order valence-corrected chi connectivity index (χ2v) is 12.2. The van der Waals surface area contributed by atoms with E-state index < -0.39 is 5.60 Å². The number of nitrogens with one attached hydrogen (secondary N) is 1. The van der Waals surface area contributed by atoms with Crippen LogP contribution in [0.1, 0.15) is 74.8 Å². The number of amides is 1. The Labute approximate surface area is 225 Å². The molecule has 0 spiro atoms. The van der Waals surface area contributed by atoms with Crippen molar-refractivity contribution in [2.24, 2.45) is 0 Å². The highest BCUT2D eigenvalue weighted by atomic mass is 16.6. The van der Waals surface area contributed by atoms with Crippen LogP contribution < -0.4 is 0 Å². The molecule has 0 aliphatic carbocycles. The average molecular weight is 517 g/mol. The molecule has 202 valence electrons. The highest BCUT2D eigenvalue weighted by molar-refractivity contribution is 5.84. The number of fused-ring (bicyclic) bond motifs is 2. The normalized spacial score (nSPS) is 21.2. The number of aromatic nitrogens is 2. The zero-order chi connectivity index (χ0) is 26.4. The molecule has 2 saturated heterocycles. The third-order valence-electron chi connectivity index (χ3n) is 8.42. The maximum absolute atomic E-state index is 13.3. The molecule has 38 heavy (non-hydrogen) atoms. The molecular formula is C31H40N4O3. The van der Waals surface area contributed by atoms with Crippen molar-refractivity contribution in [3.05, 3.63) is 52.8 Å². The smallest absolute Gasteiger partial charge is 0.410 e. The monoisotopic (exact) mass is 516 g/mol. The first-order valence-electron chi connectivity index (χ1n) is 14.2. The van der Waals surface area contributed by atoms with E-state index in [0.717, 1.165) is 81.5 Å². The van der Waals surface area contributed by atoms with Gasteiger partial charge in [-0.1, -0.05) is 0 Å². The molecule has 2 aromatic heterocycles. The summed E-state index contributed by atoms with van der Waals surface area (Å²) in [6.07, 6.45) is 8.96. The Morgan fingerprint density at radius 1 is 1.11 bits per heavy atom. The summed E-state index contributed by atoms with van der Waals surface area (Å²) in [5, 5.41) is 1.15. The average Bonchev–Trinajstić information content (AvgIpc) is 3.54. The number of hydrogen-bond acceptors (Lipinski definition) is 5. The highest BCUT2D eigenvalue weighted by Gasteiger charge is 2.36. The molecule has 1 N–H and O–H groups in total. The Bertz CT molecular complexity index is 1330. The van der Waals surface area contributed by atoms with E-state index in [2.05, 4.69) is 35.0 Å². The van der Waals surface area contributed by atoms with Gasteiger partial charge in [0.2, 0.25) is 0 Å². The summed E-state index contributed by atoms with van der Waals surface area (Å²) < 4.78 is 11.5. The molecule has 7 nitrogen and oxygen atoms in total. The molecule has 2 fully saturated rings. The van der Waals surface area contributed by atoms with E-state index in [0.29, 0.717) is 6.04 Å². The summed E-state index contributed by atoms with van der Waals surface area (Å²) in [6.45, 7) is 12.4. The number of H-pyrrole nitrogens is 1. The lowest BCUT2D eigenvalue weighted by Crippen LogP contribution is -2.43. The molecule has 6 rings (SSSR count). The lowest BCUT2D eigenvalue weighted by molar-refractivity contribution is 0.0221. The van der Waals surface area contributed by atoms with Crippen molar-refractivity contribution >= 4 is 17.1 Å². The topological polar surface area (TPSA) is 70.7 Å². The van der Waals surface area contributed by atoms with Gasteiger partial charge >= 0.3 is 6.09 Å². The van der Waals surface area contributed by atoms with Crippen LogP contribution in [0.5, 0.6) is 0 Å². The van der Waals surface area contributed by atoms with E-state index in [1.54, 1.807) is 0 Å². The number of hydrogen-bond donors (Lipinski definition) is 1. The summed E-state index contributed by atoms with van der Waals surface area (Å²) >= 11 is 0. The SMILES string of the molecule is Cc1c[nH]c2ncc(-c3cc4c(c(C5CCCN5C(=O)OC(C)(C)C)c3)CCN(C3CCOCC3)C4)cc12. The van der Waals surface area contributed by atoms with E-state index in [-0.39, 0.29) is 12.1 Å². The minimum Gasteiger partial charge on any atom is -0.444 e. The van der Waals surface area contributed by atoms with Crippen LogP contribution in [0.4, 0.5) is 4.79 Å². The summed E-state index contributed by atoms with van der Waals surface area (Å²) in [7, 11) is 0. The molecule has 1 aromatic carbocycles. The van der Waals surface area contributed by atoms with Crippen LogP contribution in [0.2, 0.25) is 0 Å². The van der Waals surface area contributed by atoms with Gasteiger partial charge in [-0.2, -0.15) is 0 Å². The molecular weight excluding hydrogens is 476 g/mol. The quantitative estimate of drug-likeness (QED) is 0.452. The molecule has 0 radical (unpaired) electrons. The number of rotatable bonds is 3. The zero-order valence-corrected chi connectivity index (χ0v) is 23.2. The first kappa shape index (κ1) is 25.4. The summed E-state index contributed by atoms with van der Waals surface area (Å²) in [4.78, 5) is 25.9. The predicted molar refractivity (Wildman–Crippen MR) is 149 cm³/mol. The van der Waals surface area contributed by atoms with Gasteiger partial charge < -0.3 is 19.4 Å². The third-order valence-corrected chi connectivity index (χ3v) is 8.42. The van der Waals surface area contributed by atoms with E-state index in [9.17, 15) is 4.79 Å². The van der Waals surface area contributed by atoms with Crippen LogP contribution in [0.15, 0.2) is 30.6 Å². The van der Waals surface area contributed by atoms with E-state index >= 15 is 0 Å².